The summed E-state index contributed by atoms with van der Waals surface area (Å²) in [5.41, 5.74) is 8.45. The van der Waals surface area contributed by atoms with Crippen molar-refractivity contribution in [1.82, 2.24) is 0 Å². The van der Waals surface area contributed by atoms with Crippen LogP contribution in [0.4, 0.5) is 5.69 Å². The Hall–Kier alpha value is -1.52. The SMILES string of the molecule is NCC(c1ccccc1Br)N1CCCOc2ccccc21. The summed E-state index contributed by atoms with van der Waals surface area (Å²) in [6.45, 7) is 2.26. The number of nitrogens with zero attached hydrogens (tertiary/aromatic N) is 1. The zero-order valence-electron chi connectivity index (χ0n) is 11.8. The van der Waals surface area contributed by atoms with Gasteiger partial charge in [-0.25, -0.2) is 0 Å². The van der Waals surface area contributed by atoms with E-state index in [1.165, 1.54) is 5.56 Å². The van der Waals surface area contributed by atoms with Gasteiger partial charge in [0.05, 0.1) is 18.3 Å². The van der Waals surface area contributed by atoms with Gasteiger partial charge in [0, 0.05) is 17.6 Å². The van der Waals surface area contributed by atoms with Gasteiger partial charge in [0.15, 0.2) is 0 Å². The quantitative estimate of drug-likeness (QED) is 0.919. The third kappa shape index (κ3) is 2.92. The molecule has 0 fully saturated rings. The van der Waals surface area contributed by atoms with Gasteiger partial charge in [-0.1, -0.05) is 46.3 Å². The molecule has 2 N–H and O–H groups in total. The van der Waals surface area contributed by atoms with Gasteiger partial charge in [-0.3, -0.25) is 0 Å². The van der Waals surface area contributed by atoms with E-state index in [1.54, 1.807) is 0 Å². The molecule has 1 aliphatic rings. The van der Waals surface area contributed by atoms with E-state index in [2.05, 4.69) is 45.1 Å². The summed E-state index contributed by atoms with van der Waals surface area (Å²) in [4.78, 5) is 2.36. The maximum Gasteiger partial charge on any atom is 0.142 e. The second-order valence-corrected chi connectivity index (χ2v) is 5.99. The van der Waals surface area contributed by atoms with E-state index in [1.807, 2.05) is 24.3 Å². The van der Waals surface area contributed by atoms with Crippen molar-refractivity contribution < 1.29 is 4.74 Å². The second-order valence-electron chi connectivity index (χ2n) is 5.14. The van der Waals surface area contributed by atoms with Gasteiger partial charge in [0.2, 0.25) is 0 Å². The Morgan fingerprint density at radius 2 is 1.90 bits per heavy atom. The van der Waals surface area contributed by atoms with Crippen LogP contribution in [0.25, 0.3) is 0 Å². The molecular weight excluding hydrogens is 328 g/mol. The molecule has 1 unspecified atom stereocenters. The molecular formula is C17H19BrN2O. The first-order valence-electron chi connectivity index (χ1n) is 7.24. The standard InChI is InChI=1S/C17H19BrN2O/c18-14-7-2-1-6-13(14)16(12-19)20-10-5-11-21-17-9-4-3-8-15(17)20/h1-4,6-9,16H,5,10-12,19H2. The molecule has 0 aromatic heterocycles. The number of hydrogen-bond donors (Lipinski definition) is 1. The van der Waals surface area contributed by atoms with Gasteiger partial charge in [-0.05, 0) is 30.2 Å². The zero-order chi connectivity index (χ0) is 14.7. The minimum Gasteiger partial charge on any atom is -0.491 e. The summed E-state index contributed by atoms with van der Waals surface area (Å²) in [5, 5.41) is 0. The normalized spacial score (nSPS) is 15.8. The summed E-state index contributed by atoms with van der Waals surface area (Å²) in [6.07, 6.45) is 0.996. The Kier molecular flexibility index (Phi) is 4.46. The van der Waals surface area contributed by atoms with E-state index < -0.39 is 0 Å². The van der Waals surface area contributed by atoms with Crippen LogP contribution in [0, 0.1) is 0 Å². The van der Waals surface area contributed by atoms with Gasteiger partial charge in [0.25, 0.3) is 0 Å². The lowest BCUT2D eigenvalue weighted by molar-refractivity contribution is 0.322. The number of para-hydroxylation sites is 2. The molecule has 0 aliphatic carbocycles. The van der Waals surface area contributed by atoms with Crippen LogP contribution in [0.3, 0.4) is 0 Å². The highest BCUT2D eigenvalue weighted by molar-refractivity contribution is 9.10. The lowest BCUT2D eigenvalue weighted by atomic mass is 10.0. The molecule has 2 aromatic rings. The summed E-state index contributed by atoms with van der Waals surface area (Å²) < 4.78 is 6.95. The predicted octanol–water partition coefficient (Wildman–Crippen LogP) is 3.74. The van der Waals surface area contributed by atoms with Crippen molar-refractivity contribution >= 4 is 21.6 Å². The summed E-state index contributed by atoms with van der Waals surface area (Å²) in [7, 11) is 0. The van der Waals surface area contributed by atoms with E-state index in [0.717, 1.165) is 35.5 Å². The Labute approximate surface area is 133 Å². The van der Waals surface area contributed by atoms with Gasteiger partial charge < -0.3 is 15.4 Å². The maximum atomic E-state index is 6.11. The van der Waals surface area contributed by atoms with Crippen LogP contribution in [0.15, 0.2) is 53.0 Å². The van der Waals surface area contributed by atoms with Crippen molar-refractivity contribution in [2.24, 2.45) is 5.73 Å². The molecule has 0 bridgehead atoms. The monoisotopic (exact) mass is 346 g/mol. The fourth-order valence-corrected chi connectivity index (χ4v) is 3.39. The highest BCUT2D eigenvalue weighted by Crippen LogP contribution is 2.37. The van der Waals surface area contributed by atoms with Crippen LogP contribution in [0.1, 0.15) is 18.0 Å². The highest BCUT2D eigenvalue weighted by atomic mass is 79.9. The number of benzene rings is 2. The number of nitrogens with two attached hydrogens (primary N) is 1. The molecule has 0 amide bonds. The average Bonchev–Trinajstić information content (AvgIpc) is 2.73. The predicted molar refractivity (Wildman–Crippen MR) is 89.8 cm³/mol. The van der Waals surface area contributed by atoms with Gasteiger partial charge >= 0.3 is 0 Å². The van der Waals surface area contributed by atoms with Crippen molar-refractivity contribution in [3.63, 3.8) is 0 Å². The molecule has 1 heterocycles. The molecule has 0 radical (unpaired) electrons. The average molecular weight is 347 g/mol. The number of ether oxygens (including phenoxy) is 1. The Bertz CT molecular complexity index is 617. The van der Waals surface area contributed by atoms with Crippen LogP contribution >= 0.6 is 15.9 Å². The summed E-state index contributed by atoms with van der Waals surface area (Å²) in [6, 6.07) is 16.6. The van der Waals surface area contributed by atoms with Crippen molar-refractivity contribution in [2.75, 3.05) is 24.6 Å². The van der Waals surface area contributed by atoms with Crippen molar-refractivity contribution in [1.29, 1.82) is 0 Å². The molecule has 1 aliphatic heterocycles. The third-order valence-corrected chi connectivity index (χ3v) is 4.56. The maximum absolute atomic E-state index is 6.11. The molecule has 21 heavy (non-hydrogen) atoms. The molecule has 0 saturated carbocycles. The number of hydrogen-bond acceptors (Lipinski definition) is 3. The zero-order valence-corrected chi connectivity index (χ0v) is 13.4. The Balaban J connectivity index is 2.03. The number of fused-ring (bicyclic) bond motifs is 1. The first-order valence-corrected chi connectivity index (χ1v) is 8.03. The van der Waals surface area contributed by atoms with E-state index in [-0.39, 0.29) is 6.04 Å². The van der Waals surface area contributed by atoms with Crippen LogP contribution < -0.4 is 15.4 Å². The fourth-order valence-electron chi connectivity index (χ4n) is 2.85. The fraction of sp³-hybridized carbons (Fsp3) is 0.294. The summed E-state index contributed by atoms with van der Waals surface area (Å²) >= 11 is 3.65. The second kappa shape index (κ2) is 6.50. The molecule has 0 saturated heterocycles. The largest absolute Gasteiger partial charge is 0.491 e. The van der Waals surface area contributed by atoms with Crippen molar-refractivity contribution in [3.8, 4) is 5.75 Å². The van der Waals surface area contributed by atoms with Crippen LogP contribution in [-0.2, 0) is 0 Å². The number of anilines is 1. The topological polar surface area (TPSA) is 38.5 Å². The van der Waals surface area contributed by atoms with Crippen LogP contribution in [-0.4, -0.2) is 19.7 Å². The highest BCUT2D eigenvalue weighted by Gasteiger charge is 2.25. The first kappa shape index (κ1) is 14.4. The molecule has 3 rings (SSSR count). The molecule has 110 valence electrons. The van der Waals surface area contributed by atoms with Gasteiger partial charge in [-0.2, -0.15) is 0 Å². The smallest absolute Gasteiger partial charge is 0.142 e. The van der Waals surface area contributed by atoms with E-state index >= 15 is 0 Å². The Morgan fingerprint density at radius 1 is 1.14 bits per heavy atom. The molecule has 1 atom stereocenters. The van der Waals surface area contributed by atoms with Crippen LogP contribution in [0.2, 0.25) is 0 Å². The lowest BCUT2D eigenvalue weighted by Gasteiger charge is -2.33. The van der Waals surface area contributed by atoms with Crippen LogP contribution in [0.5, 0.6) is 5.75 Å². The first-order chi connectivity index (χ1) is 10.3. The lowest BCUT2D eigenvalue weighted by Crippen LogP contribution is -2.34. The molecule has 0 spiro atoms. The minimum absolute atomic E-state index is 0.142. The van der Waals surface area contributed by atoms with Crippen molar-refractivity contribution in [2.45, 2.75) is 12.5 Å². The third-order valence-electron chi connectivity index (χ3n) is 3.84. The summed E-state index contributed by atoms with van der Waals surface area (Å²) in [5.74, 6) is 0.945. The van der Waals surface area contributed by atoms with Gasteiger partial charge in [-0.15, -0.1) is 0 Å². The Morgan fingerprint density at radius 3 is 2.71 bits per heavy atom. The minimum atomic E-state index is 0.142. The van der Waals surface area contributed by atoms with E-state index in [4.69, 9.17) is 10.5 Å². The number of rotatable bonds is 3. The van der Waals surface area contributed by atoms with E-state index in [0.29, 0.717) is 6.54 Å². The van der Waals surface area contributed by atoms with E-state index in [9.17, 15) is 0 Å². The van der Waals surface area contributed by atoms with Gasteiger partial charge in [0.1, 0.15) is 5.75 Å². The molecule has 2 aromatic carbocycles. The van der Waals surface area contributed by atoms with Crippen molar-refractivity contribution in [3.05, 3.63) is 58.6 Å². The molecule has 3 nitrogen and oxygen atoms in total. The molecule has 4 heteroatoms. The number of halogens is 1.